The molecule has 3 heterocycles. The summed E-state index contributed by atoms with van der Waals surface area (Å²) in [5, 5.41) is 6.91. The number of oxazole rings is 1. The van der Waals surface area contributed by atoms with Crippen LogP contribution in [0.1, 0.15) is 17.9 Å². The van der Waals surface area contributed by atoms with Crippen LogP contribution >= 0.6 is 0 Å². The van der Waals surface area contributed by atoms with Crippen molar-refractivity contribution in [1.29, 1.82) is 0 Å². The van der Waals surface area contributed by atoms with Crippen LogP contribution in [0, 0.1) is 11.6 Å². The van der Waals surface area contributed by atoms with E-state index in [0.29, 0.717) is 18.3 Å². The lowest BCUT2D eigenvalue weighted by atomic mass is 10.2. The van der Waals surface area contributed by atoms with Gasteiger partial charge < -0.3 is 9.73 Å². The largest absolute Gasteiger partial charge is 0.441 e. The van der Waals surface area contributed by atoms with Gasteiger partial charge in [-0.1, -0.05) is 6.07 Å². The highest BCUT2D eigenvalue weighted by Gasteiger charge is 2.13. The number of amides is 1. The van der Waals surface area contributed by atoms with Crippen LogP contribution in [-0.2, 0) is 17.8 Å². The van der Waals surface area contributed by atoms with E-state index >= 15 is 0 Å². The Kier molecular flexibility index (Phi) is 5.60. The van der Waals surface area contributed by atoms with Crippen LogP contribution in [0.15, 0.2) is 65.6 Å². The number of rotatable bonds is 7. The van der Waals surface area contributed by atoms with Crippen LogP contribution in [0.4, 0.5) is 8.78 Å². The third-order valence-corrected chi connectivity index (χ3v) is 4.35. The standard InChI is InChI=1S/C21H17F2N5O2/c22-15-3-4-16(17(23)10-15)18-13-26-21(30-18)7-6-20(29)25-12-14-2-5-19(24-11-14)28-9-1-8-27-28/h1-5,8-11,13H,6-7,12H2,(H,25,29). The average molecular weight is 409 g/mol. The van der Waals surface area contributed by atoms with Gasteiger partial charge in [-0.05, 0) is 29.8 Å². The van der Waals surface area contributed by atoms with Crippen molar-refractivity contribution in [1.82, 2.24) is 25.1 Å². The van der Waals surface area contributed by atoms with Crippen LogP contribution < -0.4 is 5.32 Å². The highest BCUT2D eigenvalue weighted by Crippen LogP contribution is 2.24. The molecule has 0 unspecified atom stereocenters. The van der Waals surface area contributed by atoms with E-state index in [4.69, 9.17) is 4.42 Å². The van der Waals surface area contributed by atoms with Gasteiger partial charge in [-0.15, -0.1) is 0 Å². The van der Waals surface area contributed by atoms with E-state index in [-0.39, 0.29) is 30.1 Å². The van der Waals surface area contributed by atoms with Crippen molar-refractivity contribution in [2.24, 2.45) is 0 Å². The summed E-state index contributed by atoms with van der Waals surface area (Å²) >= 11 is 0. The molecule has 0 atom stereocenters. The first-order valence-electron chi connectivity index (χ1n) is 9.20. The molecule has 1 N–H and O–H groups in total. The van der Waals surface area contributed by atoms with E-state index in [0.717, 1.165) is 17.7 Å². The van der Waals surface area contributed by atoms with E-state index in [1.54, 1.807) is 23.3 Å². The Hall–Kier alpha value is -3.88. The summed E-state index contributed by atoms with van der Waals surface area (Å²) in [6, 6.07) is 8.70. The Morgan fingerprint density at radius 1 is 1.13 bits per heavy atom. The monoisotopic (exact) mass is 409 g/mol. The number of carbonyl (C=O) groups excluding carboxylic acids is 1. The van der Waals surface area contributed by atoms with Gasteiger partial charge in [-0.2, -0.15) is 5.10 Å². The van der Waals surface area contributed by atoms with E-state index in [2.05, 4.69) is 20.4 Å². The summed E-state index contributed by atoms with van der Waals surface area (Å²) in [7, 11) is 0. The van der Waals surface area contributed by atoms with Gasteiger partial charge in [0.25, 0.3) is 0 Å². The van der Waals surface area contributed by atoms with Gasteiger partial charge in [-0.3, -0.25) is 4.79 Å². The molecule has 0 aliphatic rings. The van der Waals surface area contributed by atoms with E-state index in [1.165, 1.54) is 12.3 Å². The Morgan fingerprint density at radius 3 is 2.77 bits per heavy atom. The van der Waals surface area contributed by atoms with Crippen molar-refractivity contribution in [3.8, 4) is 17.1 Å². The number of halogens is 2. The molecule has 0 aliphatic carbocycles. The fourth-order valence-electron chi connectivity index (χ4n) is 2.81. The molecule has 7 nitrogen and oxygen atoms in total. The van der Waals surface area contributed by atoms with E-state index < -0.39 is 11.6 Å². The molecule has 0 fully saturated rings. The fourth-order valence-corrected chi connectivity index (χ4v) is 2.81. The first kappa shape index (κ1) is 19.4. The number of pyridine rings is 1. The number of carbonyl (C=O) groups is 1. The molecular weight excluding hydrogens is 392 g/mol. The number of aryl methyl sites for hydroxylation is 1. The predicted octanol–water partition coefficient (Wildman–Crippen LogP) is 3.45. The van der Waals surface area contributed by atoms with Crippen LogP contribution in [0.2, 0.25) is 0 Å². The number of nitrogens with zero attached hydrogens (tertiary/aromatic N) is 4. The molecule has 0 aliphatic heterocycles. The Morgan fingerprint density at radius 2 is 2.03 bits per heavy atom. The third-order valence-electron chi connectivity index (χ3n) is 4.35. The smallest absolute Gasteiger partial charge is 0.220 e. The highest BCUT2D eigenvalue weighted by atomic mass is 19.1. The molecule has 0 radical (unpaired) electrons. The van der Waals surface area contributed by atoms with Gasteiger partial charge >= 0.3 is 0 Å². The third kappa shape index (κ3) is 4.57. The van der Waals surface area contributed by atoms with Crippen molar-refractivity contribution >= 4 is 5.91 Å². The van der Waals surface area contributed by atoms with E-state index in [1.807, 2.05) is 18.2 Å². The van der Waals surface area contributed by atoms with Crippen LogP contribution in [0.3, 0.4) is 0 Å². The number of aromatic nitrogens is 4. The summed E-state index contributed by atoms with van der Waals surface area (Å²) < 4.78 is 34.0. The first-order valence-corrected chi connectivity index (χ1v) is 9.20. The van der Waals surface area contributed by atoms with Gasteiger partial charge in [0.2, 0.25) is 5.91 Å². The Balaban J connectivity index is 1.27. The zero-order valence-corrected chi connectivity index (χ0v) is 15.8. The van der Waals surface area contributed by atoms with Crippen molar-refractivity contribution < 1.29 is 18.0 Å². The molecule has 4 rings (SSSR count). The summed E-state index contributed by atoms with van der Waals surface area (Å²) in [4.78, 5) is 20.5. The molecule has 0 bridgehead atoms. The van der Waals surface area contributed by atoms with Gasteiger partial charge in [-0.25, -0.2) is 23.4 Å². The molecule has 30 heavy (non-hydrogen) atoms. The quantitative estimate of drug-likeness (QED) is 0.505. The van der Waals surface area contributed by atoms with Crippen molar-refractivity contribution in [2.75, 3.05) is 0 Å². The molecule has 3 aromatic heterocycles. The van der Waals surface area contributed by atoms with Crippen LogP contribution in [-0.4, -0.2) is 25.7 Å². The molecule has 1 aromatic carbocycles. The topological polar surface area (TPSA) is 85.8 Å². The second-order valence-electron chi connectivity index (χ2n) is 6.49. The molecule has 1 amide bonds. The molecule has 0 saturated heterocycles. The van der Waals surface area contributed by atoms with Gasteiger partial charge in [0.05, 0.1) is 11.8 Å². The number of benzene rings is 1. The maximum atomic E-state index is 13.8. The van der Waals surface area contributed by atoms with Gasteiger partial charge in [0, 0.05) is 44.0 Å². The minimum atomic E-state index is -0.734. The van der Waals surface area contributed by atoms with Crippen LogP contribution in [0.25, 0.3) is 17.1 Å². The van der Waals surface area contributed by atoms with Crippen molar-refractivity contribution in [2.45, 2.75) is 19.4 Å². The molecule has 4 aromatic rings. The zero-order chi connectivity index (χ0) is 20.9. The minimum absolute atomic E-state index is 0.116. The van der Waals surface area contributed by atoms with Crippen molar-refractivity contribution in [3.05, 3.63) is 84.3 Å². The van der Waals surface area contributed by atoms with Crippen LogP contribution in [0.5, 0.6) is 0 Å². The molecule has 152 valence electrons. The average Bonchev–Trinajstić information content (AvgIpc) is 3.43. The second kappa shape index (κ2) is 8.64. The highest BCUT2D eigenvalue weighted by molar-refractivity contribution is 5.76. The molecule has 0 saturated carbocycles. The second-order valence-corrected chi connectivity index (χ2v) is 6.49. The Labute approximate surface area is 170 Å². The Bertz CT molecular complexity index is 1140. The molecule has 9 heteroatoms. The first-order chi connectivity index (χ1) is 14.6. The van der Waals surface area contributed by atoms with Crippen molar-refractivity contribution in [3.63, 3.8) is 0 Å². The number of nitrogens with one attached hydrogen (secondary N) is 1. The predicted molar refractivity (Wildman–Crippen MR) is 103 cm³/mol. The van der Waals surface area contributed by atoms with Gasteiger partial charge in [0.15, 0.2) is 17.5 Å². The summed E-state index contributed by atoms with van der Waals surface area (Å²) in [5.41, 5.74) is 0.968. The lowest BCUT2D eigenvalue weighted by molar-refractivity contribution is -0.121. The minimum Gasteiger partial charge on any atom is -0.441 e. The SMILES string of the molecule is O=C(CCc1ncc(-c2ccc(F)cc2F)o1)NCc1ccc(-n2cccn2)nc1. The lowest BCUT2D eigenvalue weighted by Crippen LogP contribution is -2.23. The molecule has 0 spiro atoms. The fraction of sp³-hybridized carbons (Fsp3) is 0.143. The molecular formula is C21H17F2N5O2. The number of hydrogen-bond acceptors (Lipinski definition) is 5. The maximum absolute atomic E-state index is 13.8. The lowest BCUT2D eigenvalue weighted by Gasteiger charge is -2.06. The van der Waals surface area contributed by atoms with Gasteiger partial charge in [0.1, 0.15) is 11.6 Å². The van der Waals surface area contributed by atoms with E-state index in [9.17, 15) is 13.6 Å². The summed E-state index contributed by atoms with van der Waals surface area (Å²) in [6.45, 7) is 0.336. The summed E-state index contributed by atoms with van der Waals surface area (Å²) in [5.74, 6) is -0.409. The summed E-state index contributed by atoms with van der Waals surface area (Å²) in [6.07, 6.45) is 6.91. The normalized spacial score (nSPS) is 10.9. The number of hydrogen-bond donors (Lipinski definition) is 1. The zero-order valence-electron chi connectivity index (χ0n) is 15.8. The maximum Gasteiger partial charge on any atom is 0.220 e.